The average Bonchev–Trinajstić information content (AvgIpc) is 3.04. The highest BCUT2D eigenvalue weighted by atomic mass is 19.1. The first-order valence-electron chi connectivity index (χ1n) is 7.83. The van der Waals surface area contributed by atoms with E-state index in [9.17, 15) is 9.18 Å². The van der Waals surface area contributed by atoms with Gasteiger partial charge in [0.25, 0.3) is 5.91 Å². The summed E-state index contributed by atoms with van der Waals surface area (Å²) < 4.78 is 23.9. The third-order valence-electron chi connectivity index (χ3n) is 4.08. The minimum atomic E-state index is -0.340. The lowest BCUT2D eigenvalue weighted by molar-refractivity contribution is 0.0935. The van der Waals surface area contributed by atoms with E-state index in [2.05, 4.69) is 10.3 Å². The van der Waals surface area contributed by atoms with Gasteiger partial charge in [0.15, 0.2) is 0 Å². The highest BCUT2D eigenvalue weighted by Gasteiger charge is 2.17. The minimum absolute atomic E-state index is 0.283. The maximum absolute atomic E-state index is 13.3. The molecule has 6 heteroatoms. The smallest absolute Gasteiger partial charge is 0.268 e. The van der Waals surface area contributed by atoms with Gasteiger partial charge in [-0.15, -0.1) is 0 Å². The molecule has 1 atom stereocenters. The second-order valence-corrected chi connectivity index (χ2v) is 5.72. The number of aromatic amines is 1. The zero-order chi connectivity index (χ0) is 18.0. The lowest BCUT2D eigenvalue weighted by Gasteiger charge is -2.18. The zero-order valence-electron chi connectivity index (χ0n) is 14.2. The highest BCUT2D eigenvalue weighted by Crippen LogP contribution is 2.29. The topological polar surface area (TPSA) is 63.4 Å². The molecule has 0 radical (unpaired) electrons. The van der Waals surface area contributed by atoms with Crippen LogP contribution in [0, 0.1) is 5.82 Å². The Kier molecular flexibility index (Phi) is 4.61. The molecule has 0 aliphatic heterocycles. The maximum atomic E-state index is 13.3. The van der Waals surface area contributed by atoms with Gasteiger partial charge in [-0.2, -0.15) is 0 Å². The predicted octanol–water partition coefficient (Wildman–Crippen LogP) is 3.82. The van der Waals surface area contributed by atoms with Crippen molar-refractivity contribution in [2.24, 2.45) is 0 Å². The van der Waals surface area contributed by atoms with Gasteiger partial charge in [-0.3, -0.25) is 4.79 Å². The second-order valence-electron chi connectivity index (χ2n) is 5.72. The average molecular weight is 342 g/mol. The summed E-state index contributed by atoms with van der Waals surface area (Å²) in [6.07, 6.45) is 0. The molecule has 0 spiro atoms. The van der Waals surface area contributed by atoms with Gasteiger partial charge in [0, 0.05) is 16.5 Å². The Morgan fingerprint density at radius 3 is 2.64 bits per heavy atom. The third kappa shape index (κ3) is 3.42. The van der Waals surface area contributed by atoms with Crippen LogP contribution in [0.3, 0.4) is 0 Å². The molecule has 2 aromatic carbocycles. The van der Waals surface area contributed by atoms with E-state index in [1.165, 1.54) is 12.1 Å². The number of ether oxygens (including phenoxy) is 2. The van der Waals surface area contributed by atoms with Gasteiger partial charge in [0.2, 0.25) is 0 Å². The second kappa shape index (κ2) is 6.84. The summed E-state index contributed by atoms with van der Waals surface area (Å²) >= 11 is 0. The molecule has 5 nitrogen and oxygen atoms in total. The first-order valence-corrected chi connectivity index (χ1v) is 7.83. The van der Waals surface area contributed by atoms with Crippen molar-refractivity contribution in [1.82, 2.24) is 10.3 Å². The zero-order valence-corrected chi connectivity index (χ0v) is 14.2. The van der Waals surface area contributed by atoms with E-state index in [0.717, 1.165) is 5.56 Å². The van der Waals surface area contributed by atoms with Crippen LogP contribution < -0.4 is 14.8 Å². The van der Waals surface area contributed by atoms with E-state index < -0.39 is 0 Å². The molecule has 3 aromatic rings. The van der Waals surface area contributed by atoms with Crippen LogP contribution in [0.4, 0.5) is 4.39 Å². The Hall–Kier alpha value is -3.02. The van der Waals surface area contributed by atoms with Crippen molar-refractivity contribution in [2.45, 2.75) is 13.0 Å². The number of H-pyrrole nitrogens is 1. The first-order chi connectivity index (χ1) is 12.0. The summed E-state index contributed by atoms with van der Waals surface area (Å²) in [5.41, 5.74) is 1.88. The van der Waals surface area contributed by atoms with Crippen LogP contribution >= 0.6 is 0 Å². The molecule has 1 heterocycles. The molecule has 25 heavy (non-hydrogen) atoms. The van der Waals surface area contributed by atoms with Crippen molar-refractivity contribution in [3.8, 4) is 11.5 Å². The molecule has 1 amide bonds. The predicted molar refractivity (Wildman–Crippen MR) is 93.7 cm³/mol. The highest BCUT2D eigenvalue weighted by molar-refractivity contribution is 5.98. The summed E-state index contributed by atoms with van der Waals surface area (Å²) in [7, 11) is 3.16. The number of nitrogens with one attached hydrogen (secondary N) is 2. The van der Waals surface area contributed by atoms with Gasteiger partial charge in [-0.1, -0.05) is 0 Å². The molecule has 0 saturated heterocycles. The fourth-order valence-electron chi connectivity index (χ4n) is 2.76. The Morgan fingerprint density at radius 2 is 1.92 bits per heavy atom. The molecule has 0 fully saturated rings. The largest absolute Gasteiger partial charge is 0.497 e. The van der Waals surface area contributed by atoms with Crippen LogP contribution in [0.2, 0.25) is 0 Å². The number of methoxy groups -OCH3 is 2. The van der Waals surface area contributed by atoms with Gasteiger partial charge in [0.05, 0.1) is 20.3 Å². The summed E-state index contributed by atoms with van der Waals surface area (Å²) in [4.78, 5) is 15.5. The first kappa shape index (κ1) is 16.8. The lowest BCUT2D eigenvalue weighted by atomic mass is 10.1. The number of rotatable bonds is 5. The molecule has 0 aliphatic rings. The Labute approximate surface area is 144 Å². The molecule has 2 N–H and O–H groups in total. The summed E-state index contributed by atoms with van der Waals surface area (Å²) in [5.74, 6) is 0.715. The SMILES string of the molecule is COc1ccc(OC)c([C@@H](C)NC(=O)c2cc3cc(F)ccc3[nH]2)c1. The molecule has 3 rings (SSSR count). The van der Waals surface area contributed by atoms with Crippen molar-refractivity contribution >= 4 is 16.8 Å². The fourth-order valence-corrected chi connectivity index (χ4v) is 2.76. The van der Waals surface area contributed by atoms with E-state index in [1.54, 1.807) is 38.5 Å². The molecule has 130 valence electrons. The number of aromatic nitrogens is 1. The number of amides is 1. The summed E-state index contributed by atoms with van der Waals surface area (Å²) in [6, 6.07) is 11.1. The van der Waals surface area contributed by atoms with Crippen LogP contribution in [0.15, 0.2) is 42.5 Å². The number of hydrogen-bond donors (Lipinski definition) is 2. The van der Waals surface area contributed by atoms with Crippen LogP contribution in [0.1, 0.15) is 29.0 Å². The van der Waals surface area contributed by atoms with E-state index >= 15 is 0 Å². The molecule has 0 saturated carbocycles. The number of fused-ring (bicyclic) bond motifs is 1. The van der Waals surface area contributed by atoms with Crippen LogP contribution in [0.25, 0.3) is 10.9 Å². The van der Waals surface area contributed by atoms with Gasteiger partial charge in [-0.05, 0) is 49.4 Å². The Bertz CT molecular complexity index is 920. The van der Waals surface area contributed by atoms with Gasteiger partial charge in [0.1, 0.15) is 23.0 Å². The normalized spacial score (nSPS) is 12.0. The Balaban J connectivity index is 1.84. The quantitative estimate of drug-likeness (QED) is 0.741. The van der Waals surface area contributed by atoms with Crippen molar-refractivity contribution < 1.29 is 18.7 Å². The fraction of sp³-hybridized carbons (Fsp3) is 0.211. The standard InChI is InChI=1S/C19H19FN2O3/c1-11(15-10-14(24-2)5-7-18(15)25-3)21-19(23)17-9-12-8-13(20)4-6-16(12)22-17/h4-11,22H,1-3H3,(H,21,23)/t11-/m1/s1. The molecular formula is C19H19FN2O3. The summed E-state index contributed by atoms with van der Waals surface area (Å²) in [6.45, 7) is 1.86. The van der Waals surface area contributed by atoms with Gasteiger partial charge < -0.3 is 19.8 Å². The molecular weight excluding hydrogens is 323 g/mol. The van der Waals surface area contributed by atoms with Crippen LogP contribution in [-0.4, -0.2) is 25.1 Å². The van der Waals surface area contributed by atoms with E-state index in [1.807, 2.05) is 13.0 Å². The van der Waals surface area contributed by atoms with Gasteiger partial charge >= 0.3 is 0 Å². The lowest BCUT2D eigenvalue weighted by Crippen LogP contribution is -2.27. The number of carbonyl (C=O) groups excluding carboxylic acids is 1. The third-order valence-corrected chi connectivity index (χ3v) is 4.08. The molecule has 0 bridgehead atoms. The van der Waals surface area contributed by atoms with Gasteiger partial charge in [-0.25, -0.2) is 4.39 Å². The molecule has 0 aliphatic carbocycles. The van der Waals surface area contributed by atoms with Crippen LogP contribution in [-0.2, 0) is 0 Å². The van der Waals surface area contributed by atoms with Crippen molar-refractivity contribution in [2.75, 3.05) is 14.2 Å². The van der Waals surface area contributed by atoms with E-state index in [0.29, 0.717) is 28.1 Å². The number of hydrogen-bond acceptors (Lipinski definition) is 3. The number of halogens is 1. The van der Waals surface area contributed by atoms with Crippen LogP contribution in [0.5, 0.6) is 11.5 Å². The molecule has 1 aromatic heterocycles. The van der Waals surface area contributed by atoms with E-state index in [4.69, 9.17) is 9.47 Å². The van der Waals surface area contributed by atoms with Crippen molar-refractivity contribution in [3.63, 3.8) is 0 Å². The number of benzene rings is 2. The molecule has 0 unspecified atom stereocenters. The van der Waals surface area contributed by atoms with Crippen molar-refractivity contribution in [3.05, 3.63) is 59.5 Å². The summed E-state index contributed by atoms with van der Waals surface area (Å²) in [5, 5.41) is 3.56. The van der Waals surface area contributed by atoms with E-state index in [-0.39, 0.29) is 17.8 Å². The number of carbonyl (C=O) groups is 1. The minimum Gasteiger partial charge on any atom is -0.497 e. The van der Waals surface area contributed by atoms with Crippen molar-refractivity contribution in [1.29, 1.82) is 0 Å². The maximum Gasteiger partial charge on any atom is 0.268 e. The Morgan fingerprint density at radius 1 is 1.12 bits per heavy atom. The monoisotopic (exact) mass is 342 g/mol.